The summed E-state index contributed by atoms with van der Waals surface area (Å²) >= 11 is 5.65. The lowest BCUT2D eigenvalue weighted by Gasteiger charge is -2.07. The molecule has 0 unspecified atom stereocenters. The summed E-state index contributed by atoms with van der Waals surface area (Å²) < 4.78 is 10.5. The van der Waals surface area contributed by atoms with Gasteiger partial charge < -0.3 is 9.47 Å². The average molecular weight is 290 g/mol. The highest BCUT2D eigenvalue weighted by Gasteiger charge is 2.23. The van der Waals surface area contributed by atoms with Gasteiger partial charge in [-0.05, 0) is 24.9 Å². The lowest BCUT2D eigenvalue weighted by atomic mass is 10.4. The van der Waals surface area contributed by atoms with Gasteiger partial charge in [0.25, 0.3) is 5.88 Å². The number of nitro groups is 1. The smallest absolute Gasteiger partial charge is 0.352 e. The van der Waals surface area contributed by atoms with E-state index in [0.717, 1.165) is 12.8 Å². The van der Waals surface area contributed by atoms with E-state index in [9.17, 15) is 10.1 Å². The molecule has 0 aliphatic rings. The Labute approximate surface area is 116 Å². The number of halogens is 1. The minimum atomic E-state index is -0.584. The fourth-order valence-corrected chi connectivity index (χ4v) is 1.57. The van der Waals surface area contributed by atoms with Crippen LogP contribution < -0.4 is 4.74 Å². The Bertz CT molecular complexity index is 442. The second-order valence-electron chi connectivity index (χ2n) is 3.80. The van der Waals surface area contributed by atoms with Gasteiger partial charge in [-0.3, -0.25) is 10.1 Å². The molecule has 1 aromatic heterocycles. The third kappa shape index (κ3) is 4.96. The van der Waals surface area contributed by atoms with E-state index >= 15 is 0 Å². The minimum Gasteiger partial charge on any atom is -0.470 e. The Morgan fingerprint density at radius 3 is 2.68 bits per heavy atom. The van der Waals surface area contributed by atoms with Gasteiger partial charge in [-0.1, -0.05) is 13.3 Å². The van der Waals surface area contributed by atoms with E-state index in [-0.39, 0.29) is 29.2 Å². The molecule has 0 fully saturated rings. The molecule has 0 bridgehead atoms. The molecule has 106 valence electrons. The molecule has 0 aliphatic heterocycles. The van der Waals surface area contributed by atoms with Gasteiger partial charge >= 0.3 is 5.69 Å². The van der Waals surface area contributed by atoms with Crippen LogP contribution in [0.3, 0.4) is 0 Å². The lowest BCUT2D eigenvalue weighted by molar-refractivity contribution is -0.387. The summed E-state index contributed by atoms with van der Waals surface area (Å²) in [5.41, 5.74) is -0.0927. The molecule has 0 radical (unpaired) electrons. The lowest BCUT2D eigenvalue weighted by Crippen LogP contribution is -2.10. The van der Waals surface area contributed by atoms with E-state index in [0.29, 0.717) is 13.2 Å². The largest absolute Gasteiger partial charge is 0.470 e. The quantitative estimate of drug-likeness (QED) is 0.316. The van der Waals surface area contributed by atoms with Crippen molar-refractivity contribution in [2.45, 2.75) is 26.7 Å². The van der Waals surface area contributed by atoms with Crippen molar-refractivity contribution in [3.05, 3.63) is 21.1 Å². The molecule has 0 N–H and O–H groups in total. The predicted octanol–water partition coefficient (Wildman–Crippen LogP) is 2.54. The molecule has 0 aliphatic carbocycles. The number of nitrogens with zero attached hydrogens (tertiary/aromatic N) is 3. The van der Waals surface area contributed by atoms with E-state index in [1.807, 2.05) is 0 Å². The fraction of sp³-hybridized carbons (Fsp3) is 0.636. The minimum absolute atomic E-state index is 0.0787. The molecular formula is C11H16ClN3O4. The Morgan fingerprint density at radius 2 is 2.05 bits per heavy atom. The predicted molar refractivity (Wildman–Crippen MR) is 69.7 cm³/mol. The van der Waals surface area contributed by atoms with Crippen molar-refractivity contribution in [2.24, 2.45) is 0 Å². The van der Waals surface area contributed by atoms with Crippen LogP contribution in [0.2, 0.25) is 5.28 Å². The maximum atomic E-state index is 10.9. The van der Waals surface area contributed by atoms with Crippen LogP contribution in [-0.2, 0) is 4.74 Å². The van der Waals surface area contributed by atoms with E-state index in [4.69, 9.17) is 21.1 Å². The molecule has 7 nitrogen and oxygen atoms in total. The second-order valence-corrected chi connectivity index (χ2v) is 4.14. The van der Waals surface area contributed by atoms with E-state index in [1.54, 1.807) is 0 Å². The van der Waals surface area contributed by atoms with Crippen LogP contribution in [0.1, 0.15) is 25.5 Å². The first-order chi connectivity index (χ1) is 9.06. The van der Waals surface area contributed by atoms with Gasteiger partial charge in [-0.15, -0.1) is 0 Å². The van der Waals surface area contributed by atoms with Crippen LogP contribution in [0.15, 0.2) is 0 Å². The first kappa shape index (κ1) is 15.6. The highest BCUT2D eigenvalue weighted by molar-refractivity contribution is 6.28. The topological polar surface area (TPSA) is 87.4 Å². The SMILES string of the molecule is CCCCOCCOc1nc(Cl)nc(C)c1[N+](=O)[O-]. The van der Waals surface area contributed by atoms with Crippen LogP contribution in [0.5, 0.6) is 5.88 Å². The number of ether oxygens (including phenoxy) is 2. The van der Waals surface area contributed by atoms with Gasteiger partial charge in [0.1, 0.15) is 12.3 Å². The Balaban J connectivity index is 2.59. The number of aromatic nitrogens is 2. The molecule has 0 atom stereocenters. The molecule has 8 heteroatoms. The third-order valence-electron chi connectivity index (χ3n) is 2.29. The fourth-order valence-electron chi connectivity index (χ4n) is 1.36. The molecule has 0 saturated heterocycles. The normalized spacial score (nSPS) is 10.5. The zero-order valence-electron chi connectivity index (χ0n) is 10.9. The van der Waals surface area contributed by atoms with Crippen molar-refractivity contribution in [2.75, 3.05) is 19.8 Å². The van der Waals surface area contributed by atoms with Crippen molar-refractivity contribution in [1.29, 1.82) is 0 Å². The summed E-state index contributed by atoms with van der Waals surface area (Å²) in [6.07, 6.45) is 2.02. The number of aryl methyl sites for hydroxylation is 1. The monoisotopic (exact) mass is 289 g/mol. The Kier molecular flexibility index (Phi) is 6.44. The van der Waals surface area contributed by atoms with Gasteiger partial charge in [0, 0.05) is 6.61 Å². The molecule has 19 heavy (non-hydrogen) atoms. The Morgan fingerprint density at radius 1 is 1.32 bits per heavy atom. The molecule has 1 rings (SSSR count). The summed E-state index contributed by atoms with van der Waals surface area (Å²) in [5.74, 6) is -0.124. The van der Waals surface area contributed by atoms with Crippen LogP contribution in [0.4, 0.5) is 5.69 Å². The third-order valence-corrected chi connectivity index (χ3v) is 2.46. The molecule has 0 aromatic carbocycles. The molecule has 1 aromatic rings. The summed E-state index contributed by atoms with van der Waals surface area (Å²) in [5, 5.41) is 10.8. The number of unbranched alkanes of at least 4 members (excludes halogenated alkanes) is 1. The van der Waals surface area contributed by atoms with Gasteiger partial charge in [0.05, 0.1) is 11.5 Å². The zero-order valence-corrected chi connectivity index (χ0v) is 11.6. The molecule has 1 heterocycles. The van der Waals surface area contributed by atoms with Crippen LogP contribution >= 0.6 is 11.6 Å². The zero-order chi connectivity index (χ0) is 14.3. The van der Waals surface area contributed by atoms with Crippen molar-refractivity contribution in [1.82, 2.24) is 9.97 Å². The maximum Gasteiger partial charge on any atom is 0.352 e. The van der Waals surface area contributed by atoms with Gasteiger partial charge in [-0.25, -0.2) is 4.98 Å². The van der Waals surface area contributed by atoms with Crippen molar-refractivity contribution < 1.29 is 14.4 Å². The standard InChI is InChI=1S/C11H16ClN3O4/c1-3-4-5-18-6-7-19-10-9(15(16)17)8(2)13-11(12)14-10/h3-7H2,1-2H3. The van der Waals surface area contributed by atoms with Gasteiger partial charge in [0.2, 0.25) is 5.28 Å². The van der Waals surface area contributed by atoms with Crippen LogP contribution in [0.25, 0.3) is 0 Å². The Hall–Kier alpha value is -1.47. The summed E-state index contributed by atoms with van der Waals surface area (Å²) in [6.45, 7) is 4.71. The number of hydrogen-bond donors (Lipinski definition) is 0. The second kappa shape index (κ2) is 7.85. The first-order valence-electron chi connectivity index (χ1n) is 5.95. The van der Waals surface area contributed by atoms with Crippen molar-refractivity contribution in [3.8, 4) is 5.88 Å². The van der Waals surface area contributed by atoms with Crippen molar-refractivity contribution in [3.63, 3.8) is 0 Å². The summed E-state index contributed by atoms with van der Waals surface area (Å²) in [7, 11) is 0. The molecule has 0 amide bonds. The van der Waals surface area contributed by atoms with E-state index < -0.39 is 4.92 Å². The highest BCUT2D eigenvalue weighted by Crippen LogP contribution is 2.28. The van der Waals surface area contributed by atoms with Crippen molar-refractivity contribution >= 4 is 17.3 Å². The number of hydrogen-bond acceptors (Lipinski definition) is 6. The van der Waals surface area contributed by atoms with Gasteiger partial charge in [-0.2, -0.15) is 4.98 Å². The first-order valence-corrected chi connectivity index (χ1v) is 6.33. The summed E-state index contributed by atoms with van der Waals surface area (Å²) in [4.78, 5) is 17.8. The average Bonchev–Trinajstić information content (AvgIpc) is 2.32. The maximum absolute atomic E-state index is 10.9. The number of rotatable bonds is 8. The van der Waals surface area contributed by atoms with E-state index in [2.05, 4.69) is 16.9 Å². The highest BCUT2D eigenvalue weighted by atomic mass is 35.5. The van der Waals surface area contributed by atoms with Crippen LogP contribution in [0, 0.1) is 17.0 Å². The summed E-state index contributed by atoms with van der Waals surface area (Å²) in [6, 6.07) is 0. The van der Waals surface area contributed by atoms with Crippen LogP contribution in [-0.4, -0.2) is 34.7 Å². The van der Waals surface area contributed by atoms with Gasteiger partial charge in [0.15, 0.2) is 0 Å². The molecular weight excluding hydrogens is 274 g/mol. The molecule has 0 spiro atoms. The molecule has 0 saturated carbocycles. The van der Waals surface area contributed by atoms with E-state index in [1.165, 1.54) is 6.92 Å².